The van der Waals surface area contributed by atoms with Gasteiger partial charge in [0.25, 0.3) is 0 Å². The van der Waals surface area contributed by atoms with Gasteiger partial charge in [-0.25, -0.2) is 4.68 Å². The minimum atomic E-state index is 0.609. The predicted octanol–water partition coefficient (Wildman–Crippen LogP) is 3.34. The van der Waals surface area contributed by atoms with Crippen molar-refractivity contribution >= 4 is 24.4 Å². The molecule has 0 saturated carbocycles. The molecular weight excluding hydrogens is 330 g/mol. The Morgan fingerprint density at radius 3 is 2.44 bits per heavy atom. The Bertz CT molecular complexity index is 739. The molecule has 2 aromatic rings. The summed E-state index contributed by atoms with van der Waals surface area (Å²) in [6, 6.07) is 10.2. The van der Waals surface area contributed by atoms with Crippen molar-refractivity contribution in [1.29, 1.82) is 0 Å². The zero-order chi connectivity index (χ0) is 17.6. The molecule has 0 amide bonds. The lowest BCUT2D eigenvalue weighted by atomic mass is 10.2. The van der Waals surface area contributed by atoms with Crippen LogP contribution in [0.2, 0.25) is 0 Å². The maximum atomic E-state index is 5.40. The first-order valence-electron chi connectivity index (χ1n) is 8.95. The van der Waals surface area contributed by atoms with E-state index in [9.17, 15) is 0 Å². The van der Waals surface area contributed by atoms with Crippen LogP contribution in [0.5, 0.6) is 0 Å². The molecule has 1 N–H and O–H groups in total. The number of hydrogen-bond donors (Lipinski definition) is 1. The summed E-state index contributed by atoms with van der Waals surface area (Å²) in [5, 5.41) is 3.30. The third kappa shape index (κ3) is 5.36. The summed E-state index contributed by atoms with van der Waals surface area (Å²) in [5.41, 5.74) is 1.15. The second-order valence-electron chi connectivity index (χ2n) is 7.02. The molecule has 0 atom stereocenters. The highest BCUT2D eigenvalue weighted by Gasteiger charge is 2.18. The van der Waals surface area contributed by atoms with Crippen LogP contribution in [0.4, 0.5) is 0 Å². The quantitative estimate of drug-likeness (QED) is 0.805. The van der Waals surface area contributed by atoms with Crippen LogP contribution in [-0.4, -0.2) is 57.3 Å². The lowest BCUT2D eigenvalue weighted by Gasteiger charge is -2.35. The van der Waals surface area contributed by atoms with Crippen LogP contribution in [-0.2, 0) is 6.67 Å². The molecule has 2 heterocycles. The predicted molar refractivity (Wildman–Crippen MR) is 106 cm³/mol. The molecule has 1 aromatic carbocycles. The molecule has 1 fully saturated rings. The van der Waals surface area contributed by atoms with E-state index in [4.69, 9.17) is 12.2 Å². The summed E-state index contributed by atoms with van der Waals surface area (Å²) in [6.45, 7) is 10.9. The van der Waals surface area contributed by atoms with Crippen LogP contribution in [0.25, 0.3) is 12.2 Å². The fraction of sp³-hybridized carbons (Fsp3) is 0.474. The van der Waals surface area contributed by atoms with Crippen molar-refractivity contribution in [2.75, 3.05) is 32.7 Å². The van der Waals surface area contributed by atoms with E-state index in [1.165, 1.54) is 6.54 Å². The molecule has 0 unspecified atom stereocenters. The molecule has 1 aliphatic heterocycles. The van der Waals surface area contributed by atoms with Crippen molar-refractivity contribution in [2.45, 2.75) is 20.5 Å². The number of aromatic amines is 1. The summed E-state index contributed by atoms with van der Waals surface area (Å²) in [7, 11) is 0. The van der Waals surface area contributed by atoms with Crippen molar-refractivity contribution in [3.05, 3.63) is 46.5 Å². The Kier molecular flexibility index (Phi) is 6.18. The Balaban J connectivity index is 1.56. The number of nitrogens with one attached hydrogen (secondary N) is 1. The first kappa shape index (κ1) is 18.0. The maximum absolute atomic E-state index is 5.40. The van der Waals surface area contributed by atoms with Gasteiger partial charge in [0, 0.05) is 32.7 Å². The van der Waals surface area contributed by atoms with Gasteiger partial charge in [-0.3, -0.25) is 10.00 Å². The summed E-state index contributed by atoms with van der Waals surface area (Å²) in [5.74, 6) is 1.53. The van der Waals surface area contributed by atoms with Gasteiger partial charge in [-0.05, 0) is 29.8 Å². The van der Waals surface area contributed by atoms with Crippen molar-refractivity contribution in [3.63, 3.8) is 0 Å². The molecule has 3 rings (SSSR count). The number of benzene rings is 1. The second-order valence-corrected chi connectivity index (χ2v) is 7.38. The van der Waals surface area contributed by atoms with E-state index in [1.807, 2.05) is 35.0 Å². The molecule has 25 heavy (non-hydrogen) atoms. The van der Waals surface area contributed by atoms with Gasteiger partial charge in [0.2, 0.25) is 4.77 Å². The summed E-state index contributed by atoms with van der Waals surface area (Å²) < 4.78 is 2.57. The molecule has 1 aromatic heterocycles. The highest BCUT2D eigenvalue weighted by molar-refractivity contribution is 7.71. The molecule has 0 aliphatic carbocycles. The standard InChI is InChI=1S/C19H27N5S/c1-16(2)14-22-10-12-23(13-11-22)15-24-19(25)20-18(21-24)9-8-17-6-4-3-5-7-17/h3-9,16H,10-15H2,1-2H3,(H,20,21,25)/b9-8+. The Labute approximate surface area is 155 Å². The van der Waals surface area contributed by atoms with E-state index in [2.05, 4.69) is 45.9 Å². The van der Waals surface area contributed by atoms with Gasteiger partial charge in [0.1, 0.15) is 5.82 Å². The van der Waals surface area contributed by atoms with E-state index in [0.29, 0.717) is 4.77 Å². The highest BCUT2D eigenvalue weighted by Crippen LogP contribution is 2.08. The summed E-state index contributed by atoms with van der Waals surface area (Å²) in [4.78, 5) is 9.41. The van der Waals surface area contributed by atoms with Crippen molar-refractivity contribution in [1.82, 2.24) is 24.6 Å². The number of rotatable bonds is 6. The number of piperazine rings is 1. The number of nitrogens with zero attached hydrogens (tertiary/aromatic N) is 4. The minimum Gasteiger partial charge on any atom is -0.301 e. The van der Waals surface area contributed by atoms with Crippen molar-refractivity contribution in [2.24, 2.45) is 5.92 Å². The van der Waals surface area contributed by atoms with Gasteiger partial charge in [-0.15, -0.1) is 0 Å². The van der Waals surface area contributed by atoms with E-state index in [0.717, 1.165) is 50.2 Å². The fourth-order valence-corrected chi connectivity index (χ4v) is 3.32. The van der Waals surface area contributed by atoms with Crippen LogP contribution in [0.1, 0.15) is 25.2 Å². The van der Waals surface area contributed by atoms with Crippen LogP contribution in [0.3, 0.4) is 0 Å². The summed E-state index contributed by atoms with van der Waals surface area (Å²) in [6.07, 6.45) is 4.02. The van der Waals surface area contributed by atoms with Crippen LogP contribution < -0.4 is 0 Å². The molecule has 1 aliphatic rings. The molecule has 0 radical (unpaired) electrons. The van der Waals surface area contributed by atoms with Crippen LogP contribution >= 0.6 is 12.2 Å². The van der Waals surface area contributed by atoms with E-state index >= 15 is 0 Å². The number of aromatic nitrogens is 3. The van der Waals surface area contributed by atoms with Gasteiger partial charge in [0.15, 0.2) is 0 Å². The van der Waals surface area contributed by atoms with Gasteiger partial charge in [-0.2, -0.15) is 4.98 Å². The average molecular weight is 358 g/mol. The van der Waals surface area contributed by atoms with Crippen molar-refractivity contribution in [3.8, 4) is 0 Å². The summed E-state index contributed by atoms with van der Waals surface area (Å²) >= 11 is 5.40. The van der Waals surface area contributed by atoms with E-state index < -0.39 is 0 Å². The molecule has 134 valence electrons. The molecule has 0 bridgehead atoms. The Morgan fingerprint density at radius 2 is 1.76 bits per heavy atom. The molecular formula is C19H27N5S. The average Bonchev–Trinajstić information content (AvgIpc) is 2.95. The van der Waals surface area contributed by atoms with Gasteiger partial charge < -0.3 is 4.90 Å². The number of H-pyrrole nitrogens is 1. The monoisotopic (exact) mass is 357 g/mol. The largest absolute Gasteiger partial charge is 0.301 e. The van der Waals surface area contributed by atoms with Crippen LogP contribution in [0.15, 0.2) is 30.3 Å². The highest BCUT2D eigenvalue weighted by atomic mass is 32.1. The Hall–Kier alpha value is -1.76. The fourth-order valence-electron chi connectivity index (χ4n) is 3.11. The maximum Gasteiger partial charge on any atom is 0.217 e. The van der Waals surface area contributed by atoms with E-state index in [-0.39, 0.29) is 0 Å². The molecule has 1 saturated heterocycles. The smallest absolute Gasteiger partial charge is 0.217 e. The van der Waals surface area contributed by atoms with E-state index in [1.54, 1.807) is 0 Å². The van der Waals surface area contributed by atoms with Crippen LogP contribution in [0, 0.1) is 10.7 Å². The molecule has 6 heteroatoms. The van der Waals surface area contributed by atoms with Gasteiger partial charge >= 0.3 is 0 Å². The third-order valence-electron chi connectivity index (χ3n) is 4.36. The Morgan fingerprint density at radius 1 is 1.08 bits per heavy atom. The molecule has 5 nitrogen and oxygen atoms in total. The zero-order valence-electron chi connectivity index (χ0n) is 15.1. The lowest BCUT2D eigenvalue weighted by molar-refractivity contribution is 0.0951. The lowest BCUT2D eigenvalue weighted by Crippen LogP contribution is -2.47. The topological polar surface area (TPSA) is 40.1 Å². The molecule has 0 spiro atoms. The first-order chi connectivity index (χ1) is 12.1. The number of hydrogen-bond acceptors (Lipinski definition) is 4. The SMILES string of the molecule is CC(C)CN1CCN(Cn2[nH]c(/C=C/c3ccccc3)nc2=S)CC1. The van der Waals surface area contributed by atoms with Gasteiger partial charge in [0.05, 0.1) is 6.67 Å². The van der Waals surface area contributed by atoms with Gasteiger partial charge in [-0.1, -0.05) is 50.3 Å². The first-order valence-corrected chi connectivity index (χ1v) is 9.35. The normalized spacial score (nSPS) is 16.9. The van der Waals surface area contributed by atoms with Crippen molar-refractivity contribution < 1.29 is 0 Å². The second kappa shape index (κ2) is 8.56. The third-order valence-corrected chi connectivity index (χ3v) is 4.67. The minimum absolute atomic E-state index is 0.609. The zero-order valence-corrected chi connectivity index (χ0v) is 15.9.